The second-order valence-corrected chi connectivity index (χ2v) is 5.29. The SMILES string of the molecule is CN(c1ccc(C(=O)O)c([N+](=O)[O-])c1)C1CCCCC1O. The summed E-state index contributed by atoms with van der Waals surface area (Å²) in [5.74, 6) is -1.33. The van der Waals surface area contributed by atoms with Crippen LogP contribution < -0.4 is 4.90 Å². The number of carbonyl (C=O) groups is 1. The Labute approximate surface area is 122 Å². The molecule has 1 aliphatic rings. The molecule has 7 heteroatoms. The Morgan fingerprint density at radius 2 is 2.05 bits per heavy atom. The number of aromatic carboxylic acids is 1. The molecule has 0 heterocycles. The smallest absolute Gasteiger partial charge is 0.342 e. The highest BCUT2D eigenvalue weighted by molar-refractivity contribution is 5.93. The van der Waals surface area contributed by atoms with E-state index in [-0.39, 0.29) is 11.6 Å². The molecule has 0 aliphatic heterocycles. The summed E-state index contributed by atoms with van der Waals surface area (Å²) in [4.78, 5) is 23.1. The van der Waals surface area contributed by atoms with Crippen molar-refractivity contribution >= 4 is 17.3 Å². The van der Waals surface area contributed by atoms with E-state index in [9.17, 15) is 20.0 Å². The molecule has 1 aliphatic carbocycles. The number of benzene rings is 1. The molecule has 1 aromatic rings. The number of rotatable bonds is 4. The maximum absolute atomic E-state index is 11.0. The standard InChI is InChI=1S/C14H18N2O5/c1-15(11-4-2-3-5-13(11)17)9-6-7-10(14(18)19)12(8-9)16(20)21/h6-8,11,13,17H,2-5H2,1H3,(H,18,19). The van der Waals surface area contributed by atoms with Gasteiger partial charge in [-0.25, -0.2) is 4.79 Å². The molecule has 2 rings (SSSR count). The molecule has 0 bridgehead atoms. The van der Waals surface area contributed by atoms with Crippen molar-refractivity contribution in [2.75, 3.05) is 11.9 Å². The number of nitro benzene ring substituents is 1. The van der Waals surface area contributed by atoms with Crippen LogP contribution in [0, 0.1) is 10.1 Å². The average Bonchev–Trinajstić information content (AvgIpc) is 2.46. The molecule has 1 fully saturated rings. The molecular weight excluding hydrogens is 276 g/mol. The third-order valence-electron chi connectivity index (χ3n) is 4.01. The van der Waals surface area contributed by atoms with Crippen molar-refractivity contribution < 1.29 is 19.9 Å². The first-order valence-electron chi connectivity index (χ1n) is 6.84. The van der Waals surface area contributed by atoms with E-state index in [1.165, 1.54) is 18.2 Å². The second-order valence-electron chi connectivity index (χ2n) is 5.29. The number of nitro groups is 1. The first-order valence-corrected chi connectivity index (χ1v) is 6.84. The lowest BCUT2D eigenvalue weighted by atomic mass is 9.91. The van der Waals surface area contributed by atoms with Gasteiger partial charge in [0.15, 0.2) is 0 Å². The van der Waals surface area contributed by atoms with Crippen LogP contribution in [0.2, 0.25) is 0 Å². The largest absolute Gasteiger partial charge is 0.477 e. The fraction of sp³-hybridized carbons (Fsp3) is 0.500. The number of aliphatic hydroxyl groups excluding tert-OH is 1. The zero-order valence-corrected chi connectivity index (χ0v) is 11.7. The average molecular weight is 294 g/mol. The van der Waals surface area contributed by atoms with Crippen LogP contribution in [0.4, 0.5) is 11.4 Å². The normalized spacial score (nSPS) is 21.8. The third-order valence-corrected chi connectivity index (χ3v) is 4.01. The lowest BCUT2D eigenvalue weighted by molar-refractivity contribution is -0.385. The Kier molecular flexibility index (Phi) is 4.42. The predicted octanol–water partition coefficient (Wildman–Crippen LogP) is 2.03. The summed E-state index contributed by atoms with van der Waals surface area (Å²) < 4.78 is 0. The Hall–Kier alpha value is -2.15. The van der Waals surface area contributed by atoms with Crippen LogP contribution in [0.1, 0.15) is 36.0 Å². The molecule has 21 heavy (non-hydrogen) atoms. The van der Waals surface area contributed by atoms with E-state index in [0.717, 1.165) is 19.3 Å². The van der Waals surface area contributed by atoms with E-state index in [0.29, 0.717) is 12.1 Å². The van der Waals surface area contributed by atoms with Crippen LogP contribution in [0.3, 0.4) is 0 Å². The van der Waals surface area contributed by atoms with Crippen molar-refractivity contribution in [3.05, 3.63) is 33.9 Å². The Morgan fingerprint density at radius 1 is 1.38 bits per heavy atom. The molecule has 2 unspecified atom stereocenters. The van der Waals surface area contributed by atoms with Gasteiger partial charge in [-0.15, -0.1) is 0 Å². The summed E-state index contributed by atoms with van der Waals surface area (Å²) in [6.07, 6.45) is 3.03. The van der Waals surface area contributed by atoms with E-state index in [1.807, 2.05) is 0 Å². The topological polar surface area (TPSA) is 104 Å². The number of nitrogens with zero attached hydrogens (tertiary/aromatic N) is 2. The summed E-state index contributed by atoms with van der Waals surface area (Å²) in [5, 5.41) is 30.0. The molecule has 0 saturated heterocycles. The van der Waals surface area contributed by atoms with Crippen LogP contribution in [0.15, 0.2) is 18.2 Å². The molecular formula is C14H18N2O5. The van der Waals surface area contributed by atoms with E-state index in [4.69, 9.17) is 5.11 Å². The Morgan fingerprint density at radius 3 is 2.62 bits per heavy atom. The number of aliphatic hydroxyl groups is 1. The highest BCUT2D eigenvalue weighted by Gasteiger charge is 2.28. The van der Waals surface area contributed by atoms with Crippen LogP contribution in [-0.4, -0.2) is 40.3 Å². The summed E-state index contributed by atoms with van der Waals surface area (Å²) in [7, 11) is 1.76. The first-order chi connectivity index (χ1) is 9.91. The molecule has 0 spiro atoms. The number of anilines is 1. The molecule has 0 aromatic heterocycles. The molecule has 2 N–H and O–H groups in total. The molecule has 1 saturated carbocycles. The number of hydrogen-bond acceptors (Lipinski definition) is 5. The van der Waals surface area contributed by atoms with Crippen LogP contribution in [-0.2, 0) is 0 Å². The zero-order valence-electron chi connectivity index (χ0n) is 11.7. The third kappa shape index (κ3) is 3.13. The fourth-order valence-corrected chi connectivity index (χ4v) is 2.81. The number of hydrogen-bond donors (Lipinski definition) is 2. The summed E-state index contributed by atoms with van der Waals surface area (Å²) in [6.45, 7) is 0. The van der Waals surface area contributed by atoms with E-state index in [2.05, 4.69) is 0 Å². The summed E-state index contributed by atoms with van der Waals surface area (Å²) in [5.41, 5.74) is -0.226. The Balaban J connectivity index is 2.33. The van der Waals surface area contributed by atoms with Crippen molar-refractivity contribution in [3.8, 4) is 0 Å². The van der Waals surface area contributed by atoms with Gasteiger partial charge in [-0.2, -0.15) is 0 Å². The van der Waals surface area contributed by atoms with Gasteiger partial charge < -0.3 is 15.1 Å². The maximum Gasteiger partial charge on any atom is 0.342 e. The predicted molar refractivity (Wildman–Crippen MR) is 76.7 cm³/mol. The minimum Gasteiger partial charge on any atom is -0.477 e. The van der Waals surface area contributed by atoms with Crippen molar-refractivity contribution in [3.63, 3.8) is 0 Å². The molecule has 0 amide bonds. The lowest BCUT2D eigenvalue weighted by Crippen LogP contribution is -2.43. The number of carboxylic acid groups (broad SMARTS) is 1. The van der Waals surface area contributed by atoms with Gasteiger partial charge in [-0.05, 0) is 25.0 Å². The van der Waals surface area contributed by atoms with Gasteiger partial charge in [0.05, 0.1) is 17.1 Å². The van der Waals surface area contributed by atoms with Crippen molar-refractivity contribution in [1.29, 1.82) is 0 Å². The van der Waals surface area contributed by atoms with Gasteiger partial charge in [0.2, 0.25) is 0 Å². The van der Waals surface area contributed by atoms with E-state index >= 15 is 0 Å². The van der Waals surface area contributed by atoms with Gasteiger partial charge >= 0.3 is 5.97 Å². The second kappa shape index (κ2) is 6.09. The van der Waals surface area contributed by atoms with Gasteiger partial charge in [0.25, 0.3) is 5.69 Å². The van der Waals surface area contributed by atoms with Gasteiger partial charge in [0.1, 0.15) is 5.56 Å². The van der Waals surface area contributed by atoms with Crippen LogP contribution in [0.25, 0.3) is 0 Å². The van der Waals surface area contributed by atoms with Crippen LogP contribution >= 0.6 is 0 Å². The molecule has 0 radical (unpaired) electrons. The highest BCUT2D eigenvalue weighted by Crippen LogP contribution is 2.30. The minimum absolute atomic E-state index is 0.103. The van der Waals surface area contributed by atoms with Crippen molar-refractivity contribution in [2.45, 2.75) is 37.8 Å². The molecule has 2 atom stereocenters. The quantitative estimate of drug-likeness (QED) is 0.650. The monoisotopic (exact) mass is 294 g/mol. The van der Waals surface area contributed by atoms with Crippen molar-refractivity contribution in [2.24, 2.45) is 0 Å². The Bertz CT molecular complexity index is 560. The fourth-order valence-electron chi connectivity index (χ4n) is 2.81. The summed E-state index contributed by atoms with van der Waals surface area (Å²) >= 11 is 0. The molecule has 114 valence electrons. The number of carboxylic acids is 1. The summed E-state index contributed by atoms with van der Waals surface area (Å²) in [6, 6.07) is 3.93. The molecule has 7 nitrogen and oxygen atoms in total. The lowest BCUT2D eigenvalue weighted by Gasteiger charge is -2.36. The highest BCUT2D eigenvalue weighted by atomic mass is 16.6. The van der Waals surface area contributed by atoms with Gasteiger partial charge in [-0.1, -0.05) is 12.8 Å². The van der Waals surface area contributed by atoms with Gasteiger partial charge in [-0.3, -0.25) is 10.1 Å². The maximum atomic E-state index is 11.0. The zero-order chi connectivity index (χ0) is 15.6. The van der Waals surface area contributed by atoms with Crippen molar-refractivity contribution in [1.82, 2.24) is 0 Å². The minimum atomic E-state index is -1.33. The number of likely N-dealkylation sites (N-methyl/N-ethyl adjacent to an activating group) is 1. The van der Waals surface area contributed by atoms with Gasteiger partial charge in [0, 0.05) is 18.8 Å². The van der Waals surface area contributed by atoms with E-state index < -0.39 is 22.7 Å². The van der Waals surface area contributed by atoms with E-state index in [1.54, 1.807) is 11.9 Å². The first kappa shape index (κ1) is 15.2. The van der Waals surface area contributed by atoms with Crippen LogP contribution in [0.5, 0.6) is 0 Å². The molecule has 1 aromatic carbocycles.